The molecule has 2 heterocycles. The molecule has 1 unspecified atom stereocenters. The number of hydrogen-bond acceptors (Lipinski definition) is 5. The van der Waals surface area contributed by atoms with Gasteiger partial charge in [-0.25, -0.2) is 0 Å². The van der Waals surface area contributed by atoms with Crippen molar-refractivity contribution in [3.8, 4) is 0 Å². The van der Waals surface area contributed by atoms with Gasteiger partial charge < -0.3 is 10.2 Å². The van der Waals surface area contributed by atoms with Gasteiger partial charge in [0.25, 0.3) is 5.69 Å². The van der Waals surface area contributed by atoms with E-state index in [9.17, 15) is 10.1 Å². The lowest BCUT2D eigenvalue weighted by Crippen LogP contribution is -2.51. The largest absolute Gasteiger partial charge is 0.315 e. The van der Waals surface area contributed by atoms with Gasteiger partial charge in [0.15, 0.2) is 0 Å². The summed E-state index contributed by atoms with van der Waals surface area (Å²) in [5, 5.41) is 14.1. The predicted molar refractivity (Wildman–Crippen MR) is 93.3 cm³/mol. The number of piperazine rings is 1. The van der Waals surface area contributed by atoms with Crippen molar-refractivity contribution in [3.05, 3.63) is 39.9 Å². The summed E-state index contributed by atoms with van der Waals surface area (Å²) in [5.74, 6) is 0. The number of nitro groups is 1. The molecule has 0 bridgehead atoms. The number of nitrogens with zero attached hydrogens (tertiary/aromatic N) is 3. The Labute approximate surface area is 143 Å². The Bertz CT molecular complexity index is 497. The minimum absolute atomic E-state index is 0. The van der Waals surface area contributed by atoms with Crippen molar-refractivity contribution in [1.82, 2.24) is 15.1 Å². The molecule has 2 aliphatic rings. The third-order valence-electron chi connectivity index (χ3n) is 4.82. The zero-order chi connectivity index (χ0) is 15.4. The van der Waals surface area contributed by atoms with Gasteiger partial charge in [-0.2, -0.15) is 0 Å². The molecule has 7 heteroatoms. The Kier molecular flexibility index (Phi) is 6.77. The average Bonchev–Trinajstić information content (AvgIpc) is 3.08. The smallest absolute Gasteiger partial charge is 0.269 e. The molecule has 0 aliphatic carbocycles. The molecule has 0 saturated carbocycles. The molecule has 0 aromatic heterocycles. The van der Waals surface area contributed by atoms with Crippen LogP contribution in [0.25, 0.3) is 0 Å². The van der Waals surface area contributed by atoms with E-state index in [4.69, 9.17) is 0 Å². The fraction of sp³-hybridized carbons (Fsp3) is 0.625. The third kappa shape index (κ3) is 4.88. The standard InChI is InChI=1S/C16H24N4O2.ClH/c21-20(22)15-3-1-14(2-4-15)6-8-18-9-11-19(12-10-18)16-5-7-17-13-16;/h1-4,16-17H,5-13H2;1H. The molecule has 1 N–H and O–H groups in total. The molecule has 6 nitrogen and oxygen atoms in total. The van der Waals surface area contributed by atoms with E-state index in [1.165, 1.54) is 12.0 Å². The maximum absolute atomic E-state index is 10.6. The van der Waals surface area contributed by atoms with E-state index in [0.717, 1.165) is 58.3 Å². The summed E-state index contributed by atoms with van der Waals surface area (Å²) in [6.07, 6.45) is 2.24. The Hall–Kier alpha value is -1.21. The normalized spacial score (nSPS) is 22.7. The van der Waals surface area contributed by atoms with E-state index in [1.807, 2.05) is 12.1 Å². The Morgan fingerprint density at radius 2 is 1.87 bits per heavy atom. The summed E-state index contributed by atoms with van der Waals surface area (Å²) < 4.78 is 0. The van der Waals surface area contributed by atoms with E-state index < -0.39 is 0 Å². The van der Waals surface area contributed by atoms with Crippen molar-refractivity contribution >= 4 is 18.1 Å². The highest BCUT2D eigenvalue weighted by molar-refractivity contribution is 5.85. The van der Waals surface area contributed by atoms with Gasteiger partial charge in [0.05, 0.1) is 4.92 Å². The number of hydrogen-bond donors (Lipinski definition) is 1. The fourth-order valence-corrected chi connectivity index (χ4v) is 3.37. The quantitative estimate of drug-likeness (QED) is 0.650. The highest BCUT2D eigenvalue weighted by Crippen LogP contribution is 2.14. The minimum atomic E-state index is -0.346. The topological polar surface area (TPSA) is 61.7 Å². The van der Waals surface area contributed by atoms with E-state index in [1.54, 1.807) is 12.1 Å². The van der Waals surface area contributed by atoms with E-state index in [0.29, 0.717) is 0 Å². The number of halogens is 1. The van der Waals surface area contributed by atoms with Gasteiger partial charge in [0.1, 0.15) is 0 Å². The third-order valence-corrected chi connectivity index (χ3v) is 4.82. The maximum atomic E-state index is 10.6. The maximum Gasteiger partial charge on any atom is 0.269 e. The van der Waals surface area contributed by atoms with E-state index >= 15 is 0 Å². The van der Waals surface area contributed by atoms with Crippen LogP contribution in [-0.2, 0) is 6.42 Å². The van der Waals surface area contributed by atoms with Crippen LogP contribution in [-0.4, -0.2) is 66.6 Å². The lowest BCUT2D eigenvalue weighted by molar-refractivity contribution is -0.384. The lowest BCUT2D eigenvalue weighted by Gasteiger charge is -2.37. The molecule has 0 radical (unpaired) electrons. The van der Waals surface area contributed by atoms with Gasteiger partial charge in [-0.15, -0.1) is 12.4 Å². The van der Waals surface area contributed by atoms with E-state index in [2.05, 4.69) is 15.1 Å². The molecular weight excluding hydrogens is 316 g/mol. The van der Waals surface area contributed by atoms with Crippen molar-refractivity contribution in [3.63, 3.8) is 0 Å². The van der Waals surface area contributed by atoms with Crippen LogP contribution in [0.5, 0.6) is 0 Å². The number of nitrogens with one attached hydrogen (secondary N) is 1. The van der Waals surface area contributed by atoms with Crippen LogP contribution in [0.3, 0.4) is 0 Å². The van der Waals surface area contributed by atoms with Crippen LogP contribution in [0.1, 0.15) is 12.0 Å². The Balaban J connectivity index is 0.00000192. The first kappa shape index (κ1) is 18.1. The summed E-state index contributed by atoms with van der Waals surface area (Å²) in [4.78, 5) is 15.4. The summed E-state index contributed by atoms with van der Waals surface area (Å²) in [6, 6.07) is 7.68. The molecule has 128 valence electrons. The van der Waals surface area contributed by atoms with Crippen molar-refractivity contribution in [2.45, 2.75) is 18.9 Å². The van der Waals surface area contributed by atoms with Crippen LogP contribution in [0.15, 0.2) is 24.3 Å². The summed E-state index contributed by atoms with van der Waals surface area (Å²) in [7, 11) is 0. The SMILES string of the molecule is Cl.O=[N+]([O-])c1ccc(CCN2CCN(C3CCNC3)CC2)cc1. The molecule has 1 atom stereocenters. The Morgan fingerprint density at radius 3 is 2.43 bits per heavy atom. The molecule has 1 aromatic carbocycles. The van der Waals surface area contributed by atoms with Crippen molar-refractivity contribution in [2.75, 3.05) is 45.8 Å². The molecule has 23 heavy (non-hydrogen) atoms. The first-order valence-electron chi connectivity index (χ1n) is 8.13. The molecule has 2 fully saturated rings. The van der Waals surface area contributed by atoms with Crippen molar-refractivity contribution in [2.24, 2.45) is 0 Å². The van der Waals surface area contributed by atoms with Crippen LogP contribution in [0.2, 0.25) is 0 Å². The number of rotatable bonds is 5. The average molecular weight is 341 g/mol. The van der Waals surface area contributed by atoms with Gasteiger partial charge in [0.2, 0.25) is 0 Å². The second kappa shape index (κ2) is 8.59. The Morgan fingerprint density at radius 1 is 1.17 bits per heavy atom. The number of benzene rings is 1. The predicted octanol–water partition coefficient (Wildman–Crippen LogP) is 1.54. The van der Waals surface area contributed by atoms with Crippen LogP contribution >= 0.6 is 12.4 Å². The van der Waals surface area contributed by atoms with Gasteiger partial charge >= 0.3 is 0 Å². The highest BCUT2D eigenvalue weighted by atomic mass is 35.5. The molecule has 2 aliphatic heterocycles. The van der Waals surface area contributed by atoms with Crippen LogP contribution in [0.4, 0.5) is 5.69 Å². The van der Waals surface area contributed by atoms with Gasteiger partial charge in [0, 0.05) is 57.4 Å². The highest BCUT2D eigenvalue weighted by Gasteiger charge is 2.25. The molecule has 0 spiro atoms. The zero-order valence-corrected chi connectivity index (χ0v) is 14.1. The summed E-state index contributed by atoms with van der Waals surface area (Å²) >= 11 is 0. The molecule has 0 amide bonds. The molecule has 1 aromatic rings. The molecule has 2 saturated heterocycles. The lowest BCUT2D eigenvalue weighted by atomic mass is 10.1. The van der Waals surface area contributed by atoms with Gasteiger partial charge in [-0.1, -0.05) is 12.1 Å². The number of non-ortho nitro benzene ring substituents is 1. The van der Waals surface area contributed by atoms with Crippen molar-refractivity contribution in [1.29, 1.82) is 0 Å². The minimum Gasteiger partial charge on any atom is -0.315 e. The second-order valence-corrected chi connectivity index (χ2v) is 6.20. The van der Waals surface area contributed by atoms with Crippen LogP contribution in [0, 0.1) is 10.1 Å². The molecular formula is C16H25ClN4O2. The van der Waals surface area contributed by atoms with E-state index in [-0.39, 0.29) is 23.0 Å². The second-order valence-electron chi connectivity index (χ2n) is 6.20. The van der Waals surface area contributed by atoms with Gasteiger partial charge in [-0.3, -0.25) is 15.0 Å². The molecule has 3 rings (SSSR count). The number of nitro benzene ring substituents is 1. The first-order valence-corrected chi connectivity index (χ1v) is 8.13. The fourth-order valence-electron chi connectivity index (χ4n) is 3.37. The monoisotopic (exact) mass is 340 g/mol. The van der Waals surface area contributed by atoms with Crippen molar-refractivity contribution < 1.29 is 4.92 Å². The zero-order valence-electron chi connectivity index (χ0n) is 13.3. The first-order chi connectivity index (χ1) is 10.7. The van der Waals surface area contributed by atoms with Crippen LogP contribution < -0.4 is 5.32 Å². The van der Waals surface area contributed by atoms with Gasteiger partial charge in [-0.05, 0) is 24.9 Å². The summed E-state index contributed by atoms with van der Waals surface area (Å²) in [6.45, 7) is 7.91. The summed E-state index contributed by atoms with van der Waals surface area (Å²) in [5.41, 5.74) is 1.34.